The van der Waals surface area contributed by atoms with Gasteiger partial charge in [-0.05, 0) is 18.6 Å². The number of methoxy groups -OCH3 is 1. The van der Waals surface area contributed by atoms with Crippen molar-refractivity contribution in [2.75, 3.05) is 14.2 Å². The quantitative estimate of drug-likeness (QED) is 0.238. The number of esters is 1. The number of aliphatic imine (C=N–C) groups is 1. The largest absolute Gasteiger partial charge is 0.466 e. The lowest BCUT2D eigenvalue weighted by molar-refractivity contribution is -0.136. The second-order valence-electron chi connectivity index (χ2n) is 2.18. The maximum Gasteiger partial charge on any atom is 0.333 e. The average molecular weight is 153 g/mol. The number of hydrogen-bond donors (Lipinski definition) is 0. The van der Waals surface area contributed by atoms with Crippen LogP contribution in [0.1, 0.15) is 6.92 Å². The molecular weight excluding hydrogens is 141 g/mol. The number of ether oxygens (including phenoxy) is 1. The maximum absolute atomic E-state index is 10.8. The predicted octanol–water partition coefficient (Wildman–Crippen LogP) is -0.233. The van der Waals surface area contributed by atoms with Gasteiger partial charge in [0, 0.05) is 12.6 Å². The van der Waals surface area contributed by atoms with Crippen molar-refractivity contribution in [3.05, 3.63) is 11.6 Å². The molecule has 4 heteroatoms. The SMILES string of the molecule is BC(/C=C(\C)C(=O)OC)=N/C. The molecule has 0 atom stereocenters. The van der Waals surface area contributed by atoms with Crippen LogP contribution in [0.5, 0.6) is 0 Å². The summed E-state index contributed by atoms with van der Waals surface area (Å²) in [5.74, 6) is -0.312. The summed E-state index contributed by atoms with van der Waals surface area (Å²) in [6, 6.07) is 0. The summed E-state index contributed by atoms with van der Waals surface area (Å²) in [5.41, 5.74) is 1.38. The number of hydrogen-bond acceptors (Lipinski definition) is 3. The second-order valence-corrected chi connectivity index (χ2v) is 2.18. The van der Waals surface area contributed by atoms with Gasteiger partial charge in [-0.2, -0.15) is 0 Å². The van der Waals surface area contributed by atoms with E-state index >= 15 is 0 Å². The van der Waals surface area contributed by atoms with E-state index in [0.29, 0.717) is 5.57 Å². The fraction of sp³-hybridized carbons (Fsp3) is 0.429. The zero-order valence-corrected chi connectivity index (χ0v) is 7.34. The van der Waals surface area contributed by atoms with Crippen molar-refractivity contribution < 1.29 is 9.53 Å². The summed E-state index contributed by atoms with van der Waals surface area (Å²) < 4.78 is 4.50. The van der Waals surface area contributed by atoms with Gasteiger partial charge in [0.2, 0.25) is 0 Å². The van der Waals surface area contributed by atoms with Gasteiger partial charge in [0.05, 0.1) is 7.11 Å². The first-order chi connectivity index (χ1) is 5.11. The molecule has 0 spiro atoms. The van der Waals surface area contributed by atoms with Crippen LogP contribution in [0.2, 0.25) is 0 Å². The van der Waals surface area contributed by atoms with E-state index in [1.807, 2.05) is 7.85 Å². The minimum Gasteiger partial charge on any atom is -0.466 e. The van der Waals surface area contributed by atoms with Crippen LogP contribution in [-0.4, -0.2) is 33.6 Å². The Morgan fingerprint density at radius 1 is 1.64 bits per heavy atom. The van der Waals surface area contributed by atoms with Crippen LogP contribution < -0.4 is 0 Å². The molecule has 0 aliphatic heterocycles. The molecule has 0 heterocycles. The molecule has 11 heavy (non-hydrogen) atoms. The molecule has 3 nitrogen and oxygen atoms in total. The van der Waals surface area contributed by atoms with Gasteiger partial charge in [0.15, 0.2) is 7.85 Å². The number of carbonyl (C=O) groups is 1. The maximum atomic E-state index is 10.8. The molecule has 0 aromatic rings. The third-order valence-electron chi connectivity index (χ3n) is 1.29. The first-order valence-corrected chi connectivity index (χ1v) is 3.31. The average Bonchev–Trinajstić information content (AvgIpc) is 2.02. The van der Waals surface area contributed by atoms with E-state index in [-0.39, 0.29) is 5.97 Å². The van der Waals surface area contributed by atoms with Crippen LogP contribution in [-0.2, 0) is 9.53 Å². The molecule has 0 saturated carbocycles. The van der Waals surface area contributed by atoms with Crippen LogP contribution in [0.25, 0.3) is 0 Å². The third-order valence-corrected chi connectivity index (χ3v) is 1.29. The zero-order chi connectivity index (χ0) is 8.85. The highest BCUT2D eigenvalue weighted by molar-refractivity contribution is 6.63. The lowest BCUT2D eigenvalue weighted by atomic mass is 9.99. The Morgan fingerprint density at radius 2 is 2.18 bits per heavy atom. The number of allylic oxidation sites excluding steroid dienone is 1. The Hall–Kier alpha value is -1.06. The molecule has 0 fully saturated rings. The molecule has 0 amide bonds. The summed E-state index contributed by atoms with van der Waals surface area (Å²) in [6.07, 6.45) is 1.69. The van der Waals surface area contributed by atoms with Crippen LogP contribution in [0, 0.1) is 0 Å². The normalized spacial score (nSPS) is 13.0. The van der Waals surface area contributed by atoms with Crippen molar-refractivity contribution in [2.45, 2.75) is 6.92 Å². The van der Waals surface area contributed by atoms with E-state index in [1.54, 1.807) is 20.0 Å². The molecule has 0 aromatic heterocycles. The summed E-state index contributed by atoms with van der Waals surface area (Å²) in [5, 5.41) is 0. The fourth-order valence-electron chi connectivity index (χ4n) is 0.598. The first kappa shape index (κ1) is 9.94. The van der Waals surface area contributed by atoms with E-state index in [4.69, 9.17) is 0 Å². The van der Waals surface area contributed by atoms with Crippen LogP contribution >= 0.6 is 0 Å². The number of nitrogens with zero attached hydrogens (tertiary/aromatic N) is 1. The van der Waals surface area contributed by atoms with Gasteiger partial charge in [0.25, 0.3) is 0 Å². The lowest BCUT2D eigenvalue weighted by Crippen LogP contribution is -2.04. The first-order valence-electron chi connectivity index (χ1n) is 3.31. The molecule has 0 aromatic carbocycles. The van der Waals surface area contributed by atoms with E-state index in [2.05, 4.69) is 9.73 Å². The molecule has 0 aliphatic rings. The Balaban J connectivity index is 4.34. The summed E-state index contributed by atoms with van der Waals surface area (Å²) in [4.78, 5) is 14.7. The van der Waals surface area contributed by atoms with Gasteiger partial charge in [-0.3, -0.25) is 0 Å². The van der Waals surface area contributed by atoms with Gasteiger partial charge in [-0.25, -0.2) is 4.79 Å². The van der Waals surface area contributed by atoms with Crippen molar-refractivity contribution in [3.8, 4) is 0 Å². The monoisotopic (exact) mass is 153 g/mol. The molecule has 0 unspecified atom stereocenters. The highest BCUT2D eigenvalue weighted by Crippen LogP contribution is 1.94. The summed E-state index contributed by atoms with van der Waals surface area (Å²) >= 11 is 0. The minimum atomic E-state index is -0.312. The van der Waals surface area contributed by atoms with Gasteiger partial charge >= 0.3 is 5.97 Å². The zero-order valence-electron chi connectivity index (χ0n) is 7.34. The molecule has 0 bridgehead atoms. The van der Waals surface area contributed by atoms with Crippen molar-refractivity contribution in [1.29, 1.82) is 0 Å². The Morgan fingerprint density at radius 3 is 2.55 bits per heavy atom. The van der Waals surface area contributed by atoms with Gasteiger partial charge in [0.1, 0.15) is 0 Å². The van der Waals surface area contributed by atoms with E-state index in [9.17, 15) is 4.79 Å². The van der Waals surface area contributed by atoms with Gasteiger partial charge < -0.3 is 9.73 Å². The molecule has 0 N–H and O–H groups in total. The Labute approximate surface area is 67.6 Å². The van der Waals surface area contributed by atoms with Gasteiger partial charge in [-0.15, -0.1) is 0 Å². The van der Waals surface area contributed by atoms with E-state index < -0.39 is 0 Å². The Bertz CT molecular complexity index is 208. The third kappa shape index (κ3) is 3.60. The van der Waals surface area contributed by atoms with E-state index in [1.165, 1.54) is 7.11 Å². The number of rotatable bonds is 2. The molecule has 60 valence electrons. The lowest BCUT2D eigenvalue weighted by Gasteiger charge is -1.97. The standard InChI is InChI=1S/C7H12BNO2/c1-5(7(10)11-3)4-6(8)9-2/h4H,8H2,1-3H3/b5-4+,9-6+. The van der Waals surface area contributed by atoms with Crippen molar-refractivity contribution in [1.82, 2.24) is 0 Å². The second kappa shape index (κ2) is 4.71. The predicted molar refractivity (Wildman–Crippen MR) is 47.7 cm³/mol. The van der Waals surface area contributed by atoms with Crippen molar-refractivity contribution in [2.24, 2.45) is 4.99 Å². The molecule has 0 rings (SSSR count). The van der Waals surface area contributed by atoms with Crippen molar-refractivity contribution >= 4 is 19.4 Å². The van der Waals surface area contributed by atoms with Crippen LogP contribution in [0.4, 0.5) is 0 Å². The smallest absolute Gasteiger partial charge is 0.333 e. The minimum absolute atomic E-state index is 0.312. The molecule has 0 aliphatic carbocycles. The van der Waals surface area contributed by atoms with Crippen LogP contribution in [0.3, 0.4) is 0 Å². The topological polar surface area (TPSA) is 38.7 Å². The van der Waals surface area contributed by atoms with Crippen LogP contribution in [0.15, 0.2) is 16.6 Å². The molecule has 0 radical (unpaired) electrons. The number of carbonyl (C=O) groups excluding carboxylic acids is 1. The highest BCUT2D eigenvalue weighted by Gasteiger charge is 2.01. The van der Waals surface area contributed by atoms with Gasteiger partial charge in [-0.1, -0.05) is 0 Å². The molecule has 0 saturated heterocycles. The molecular formula is C7H12BNO2. The van der Waals surface area contributed by atoms with E-state index in [0.717, 1.165) is 5.61 Å². The van der Waals surface area contributed by atoms with Crippen molar-refractivity contribution in [3.63, 3.8) is 0 Å². The summed E-state index contributed by atoms with van der Waals surface area (Å²) in [6.45, 7) is 1.69. The fourth-order valence-corrected chi connectivity index (χ4v) is 0.598. The summed E-state index contributed by atoms with van der Waals surface area (Å²) in [7, 11) is 4.86. The Kier molecular flexibility index (Phi) is 4.26. The highest BCUT2D eigenvalue weighted by atomic mass is 16.5.